The summed E-state index contributed by atoms with van der Waals surface area (Å²) >= 11 is 0. The molecule has 1 heterocycles. The Bertz CT molecular complexity index is 383. The van der Waals surface area contributed by atoms with Crippen LogP contribution in [0.3, 0.4) is 0 Å². The Labute approximate surface area is 110 Å². The molecule has 1 fully saturated rings. The summed E-state index contributed by atoms with van der Waals surface area (Å²) in [6, 6.07) is -0.614. The highest BCUT2D eigenvalue weighted by Gasteiger charge is 2.21. The van der Waals surface area contributed by atoms with E-state index in [0.29, 0.717) is 19.5 Å². The SMILES string of the molecule is O=C(O)CCCC(=O)NC(=O)N1CCCNC(=O)C1. The summed E-state index contributed by atoms with van der Waals surface area (Å²) < 4.78 is 0. The Hall–Kier alpha value is -2.12. The third kappa shape index (κ3) is 5.84. The highest BCUT2D eigenvalue weighted by atomic mass is 16.4. The molecule has 0 spiro atoms. The standard InChI is InChI=1S/C11H17N3O5/c15-8(3-1-4-10(17)18)13-11(19)14-6-2-5-12-9(16)7-14/h1-7H2,(H,12,16)(H,17,18)(H,13,15,19). The zero-order valence-electron chi connectivity index (χ0n) is 10.5. The van der Waals surface area contributed by atoms with Crippen LogP contribution < -0.4 is 10.6 Å². The van der Waals surface area contributed by atoms with Gasteiger partial charge in [0.05, 0.1) is 0 Å². The first-order chi connectivity index (χ1) is 8.99. The Morgan fingerprint density at radius 1 is 1.32 bits per heavy atom. The van der Waals surface area contributed by atoms with E-state index in [4.69, 9.17) is 5.11 Å². The highest BCUT2D eigenvalue weighted by molar-refractivity contribution is 5.95. The number of aliphatic carboxylic acids is 1. The molecule has 0 radical (unpaired) electrons. The van der Waals surface area contributed by atoms with Crippen LogP contribution in [0.4, 0.5) is 4.79 Å². The van der Waals surface area contributed by atoms with Gasteiger partial charge >= 0.3 is 12.0 Å². The van der Waals surface area contributed by atoms with Crippen molar-refractivity contribution < 1.29 is 24.3 Å². The summed E-state index contributed by atoms with van der Waals surface area (Å²) in [6.45, 7) is 0.830. The second-order valence-corrected chi connectivity index (χ2v) is 4.23. The van der Waals surface area contributed by atoms with Gasteiger partial charge in [0.1, 0.15) is 6.54 Å². The largest absolute Gasteiger partial charge is 0.481 e. The predicted molar refractivity (Wildman–Crippen MR) is 64.2 cm³/mol. The number of urea groups is 1. The zero-order valence-corrected chi connectivity index (χ0v) is 10.5. The van der Waals surface area contributed by atoms with Crippen molar-refractivity contribution in [1.29, 1.82) is 0 Å². The van der Waals surface area contributed by atoms with Crippen LogP contribution in [0.5, 0.6) is 0 Å². The first-order valence-electron chi connectivity index (χ1n) is 6.06. The Balaban J connectivity index is 2.34. The summed E-state index contributed by atoms with van der Waals surface area (Å²) in [6.07, 6.45) is 0.660. The first kappa shape index (κ1) is 14.9. The highest BCUT2D eigenvalue weighted by Crippen LogP contribution is 1.99. The lowest BCUT2D eigenvalue weighted by Crippen LogP contribution is -2.45. The summed E-state index contributed by atoms with van der Waals surface area (Å²) in [5.41, 5.74) is 0. The van der Waals surface area contributed by atoms with Crippen LogP contribution in [0.15, 0.2) is 0 Å². The minimum Gasteiger partial charge on any atom is -0.481 e. The van der Waals surface area contributed by atoms with Gasteiger partial charge in [-0.2, -0.15) is 0 Å². The van der Waals surface area contributed by atoms with Gasteiger partial charge in [-0.05, 0) is 12.8 Å². The van der Waals surface area contributed by atoms with Crippen LogP contribution in [0.1, 0.15) is 25.7 Å². The van der Waals surface area contributed by atoms with Gasteiger partial charge in [0.15, 0.2) is 0 Å². The molecule has 0 aromatic carbocycles. The number of carboxylic acid groups (broad SMARTS) is 1. The Morgan fingerprint density at radius 3 is 2.74 bits per heavy atom. The second kappa shape index (κ2) is 7.34. The van der Waals surface area contributed by atoms with E-state index in [9.17, 15) is 19.2 Å². The Kier molecular flexibility index (Phi) is 5.77. The quantitative estimate of drug-likeness (QED) is 0.625. The molecule has 1 aliphatic heterocycles. The summed E-state index contributed by atoms with van der Waals surface area (Å²) in [4.78, 5) is 45.9. The minimum absolute atomic E-state index is 0.0297. The van der Waals surface area contributed by atoms with E-state index in [1.165, 1.54) is 4.90 Å². The van der Waals surface area contributed by atoms with E-state index in [1.54, 1.807) is 0 Å². The maximum Gasteiger partial charge on any atom is 0.324 e. The number of hydrogen-bond donors (Lipinski definition) is 3. The minimum atomic E-state index is -0.983. The number of nitrogens with zero attached hydrogens (tertiary/aromatic N) is 1. The average molecular weight is 271 g/mol. The van der Waals surface area contributed by atoms with E-state index in [0.717, 1.165) is 0 Å². The normalized spacial score (nSPS) is 15.4. The second-order valence-electron chi connectivity index (χ2n) is 4.23. The lowest BCUT2D eigenvalue weighted by Gasteiger charge is -2.18. The molecule has 1 saturated heterocycles. The molecular weight excluding hydrogens is 254 g/mol. The molecule has 3 N–H and O–H groups in total. The molecule has 4 amide bonds. The van der Waals surface area contributed by atoms with Crippen LogP contribution in [0.2, 0.25) is 0 Å². The van der Waals surface area contributed by atoms with Gasteiger partial charge < -0.3 is 15.3 Å². The molecular formula is C11H17N3O5. The van der Waals surface area contributed by atoms with E-state index < -0.39 is 17.9 Å². The van der Waals surface area contributed by atoms with Gasteiger partial charge in [-0.1, -0.05) is 0 Å². The van der Waals surface area contributed by atoms with Crippen molar-refractivity contribution >= 4 is 23.8 Å². The molecule has 0 aromatic heterocycles. The van der Waals surface area contributed by atoms with E-state index in [2.05, 4.69) is 10.6 Å². The molecule has 106 valence electrons. The fourth-order valence-corrected chi connectivity index (χ4v) is 1.64. The third-order valence-corrected chi connectivity index (χ3v) is 2.59. The lowest BCUT2D eigenvalue weighted by atomic mass is 10.2. The molecule has 0 bridgehead atoms. The summed E-state index contributed by atoms with van der Waals surface area (Å²) in [5.74, 6) is -1.77. The van der Waals surface area contributed by atoms with Gasteiger partial charge in [-0.3, -0.25) is 19.7 Å². The maximum absolute atomic E-state index is 11.7. The third-order valence-electron chi connectivity index (χ3n) is 2.59. The molecule has 8 nitrogen and oxygen atoms in total. The van der Waals surface area contributed by atoms with Crippen molar-refractivity contribution in [3.8, 4) is 0 Å². The summed E-state index contributed by atoms with van der Waals surface area (Å²) in [7, 11) is 0. The predicted octanol–water partition coefficient (Wildman–Crippen LogP) is -0.701. The molecule has 0 atom stereocenters. The topological polar surface area (TPSA) is 116 Å². The van der Waals surface area contributed by atoms with Gasteiger partial charge in [0, 0.05) is 25.9 Å². The number of carbonyl (C=O) groups excluding carboxylic acids is 3. The van der Waals surface area contributed by atoms with Gasteiger partial charge in [0.25, 0.3) is 0 Å². The number of carbonyl (C=O) groups is 4. The smallest absolute Gasteiger partial charge is 0.324 e. The molecule has 0 unspecified atom stereocenters. The number of nitrogens with one attached hydrogen (secondary N) is 2. The van der Waals surface area contributed by atoms with Crippen molar-refractivity contribution in [2.75, 3.05) is 19.6 Å². The van der Waals surface area contributed by atoms with E-state index in [1.807, 2.05) is 0 Å². The van der Waals surface area contributed by atoms with Crippen molar-refractivity contribution in [3.05, 3.63) is 0 Å². The van der Waals surface area contributed by atoms with Crippen LogP contribution in [0.25, 0.3) is 0 Å². The van der Waals surface area contributed by atoms with Gasteiger partial charge in [-0.25, -0.2) is 4.79 Å². The molecule has 0 aliphatic carbocycles. The van der Waals surface area contributed by atoms with Crippen molar-refractivity contribution in [2.24, 2.45) is 0 Å². The van der Waals surface area contributed by atoms with Crippen LogP contribution in [-0.4, -0.2) is 53.5 Å². The molecule has 0 aromatic rings. The van der Waals surface area contributed by atoms with Gasteiger partial charge in [0.2, 0.25) is 11.8 Å². The lowest BCUT2D eigenvalue weighted by molar-refractivity contribution is -0.137. The molecule has 0 saturated carbocycles. The van der Waals surface area contributed by atoms with Crippen LogP contribution in [-0.2, 0) is 14.4 Å². The van der Waals surface area contributed by atoms with E-state index in [-0.39, 0.29) is 31.7 Å². The molecule has 1 aliphatic rings. The van der Waals surface area contributed by atoms with Crippen molar-refractivity contribution in [2.45, 2.75) is 25.7 Å². The average Bonchev–Trinajstić information content (AvgIpc) is 2.53. The number of amides is 4. The number of rotatable bonds is 4. The van der Waals surface area contributed by atoms with Crippen LogP contribution >= 0.6 is 0 Å². The van der Waals surface area contributed by atoms with E-state index >= 15 is 0 Å². The molecule has 8 heteroatoms. The fourth-order valence-electron chi connectivity index (χ4n) is 1.64. The van der Waals surface area contributed by atoms with Crippen molar-refractivity contribution in [3.63, 3.8) is 0 Å². The Morgan fingerprint density at radius 2 is 2.05 bits per heavy atom. The maximum atomic E-state index is 11.7. The fraction of sp³-hybridized carbons (Fsp3) is 0.636. The number of imide groups is 1. The first-order valence-corrected chi connectivity index (χ1v) is 6.06. The molecule has 19 heavy (non-hydrogen) atoms. The van der Waals surface area contributed by atoms with Crippen molar-refractivity contribution in [1.82, 2.24) is 15.5 Å². The summed E-state index contributed by atoms with van der Waals surface area (Å²) in [5, 5.41) is 13.2. The molecule has 1 rings (SSSR count). The number of carboxylic acids is 1. The zero-order chi connectivity index (χ0) is 14.3. The van der Waals surface area contributed by atoms with Crippen LogP contribution in [0, 0.1) is 0 Å². The monoisotopic (exact) mass is 271 g/mol. The number of hydrogen-bond acceptors (Lipinski definition) is 4. The van der Waals surface area contributed by atoms with Gasteiger partial charge in [-0.15, -0.1) is 0 Å².